The van der Waals surface area contributed by atoms with E-state index in [1.54, 1.807) is 6.07 Å². The molecule has 0 unspecified atom stereocenters. The number of imidazole rings is 1. The zero-order valence-electron chi connectivity index (χ0n) is 8.37. The molecule has 84 valence electrons. The fourth-order valence-electron chi connectivity index (χ4n) is 1.39. The monoisotopic (exact) mass is 232 g/mol. The van der Waals surface area contributed by atoms with Crippen LogP contribution in [0.5, 0.6) is 0 Å². The molecule has 0 radical (unpaired) electrons. The number of nitrogens with zero attached hydrogens (tertiary/aromatic N) is 4. The Bertz CT molecular complexity index is 629. The molecule has 0 saturated carbocycles. The van der Waals surface area contributed by atoms with Gasteiger partial charge in [0.1, 0.15) is 6.07 Å². The summed E-state index contributed by atoms with van der Waals surface area (Å²) in [5.41, 5.74) is -0.297. The van der Waals surface area contributed by atoms with Gasteiger partial charge in [-0.3, -0.25) is 14.7 Å². The van der Waals surface area contributed by atoms with Gasteiger partial charge in [-0.05, 0) is 6.07 Å². The van der Waals surface area contributed by atoms with E-state index in [9.17, 15) is 14.5 Å². The second kappa shape index (κ2) is 4.02. The predicted molar refractivity (Wildman–Crippen MR) is 54.9 cm³/mol. The third-order valence-corrected chi connectivity index (χ3v) is 2.14. The number of halogens is 1. The minimum absolute atomic E-state index is 0.0118. The molecule has 0 aliphatic heterocycles. The van der Waals surface area contributed by atoms with Crippen molar-refractivity contribution in [2.24, 2.45) is 0 Å². The summed E-state index contributed by atoms with van der Waals surface area (Å²) in [6.07, 6.45) is 2.75. The molecule has 17 heavy (non-hydrogen) atoms. The van der Waals surface area contributed by atoms with Gasteiger partial charge in [0.05, 0.1) is 16.7 Å². The van der Waals surface area contributed by atoms with Crippen molar-refractivity contribution in [1.29, 1.82) is 5.26 Å². The van der Waals surface area contributed by atoms with Crippen LogP contribution < -0.4 is 0 Å². The first-order valence-electron chi connectivity index (χ1n) is 4.51. The van der Waals surface area contributed by atoms with E-state index >= 15 is 0 Å². The van der Waals surface area contributed by atoms with Gasteiger partial charge in [0, 0.05) is 18.5 Å². The van der Waals surface area contributed by atoms with Crippen LogP contribution in [-0.4, -0.2) is 14.5 Å². The van der Waals surface area contributed by atoms with E-state index in [0.29, 0.717) is 0 Å². The third kappa shape index (κ3) is 1.83. The molecule has 7 heteroatoms. The van der Waals surface area contributed by atoms with Gasteiger partial charge < -0.3 is 0 Å². The molecule has 0 bridgehead atoms. The molecular formula is C10H5FN4O2. The van der Waals surface area contributed by atoms with Crippen LogP contribution in [0, 0.1) is 27.3 Å². The van der Waals surface area contributed by atoms with Crippen molar-refractivity contribution in [1.82, 2.24) is 9.55 Å². The highest BCUT2D eigenvalue weighted by atomic mass is 19.1. The van der Waals surface area contributed by atoms with Gasteiger partial charge in [0.15, 0.2) is 5.82 Å². The molecule has 2 aromatic rings. The number of nitro groups is 1. The highest BCUT2D eigenvalue weighted by molar-refractivity contribution is 5.44. The fraction of sp³-hybridized carbons (Fsp3) is 0. The summed E-state index contributed by atoms with van der Waals surface area (Å²) in [5, 5.41) is 19.2. The Morgan fingerprint density at radius 3 is 2.88 bits per heavy atom. The SMILES string of the molecule is N#Cc1nccn1-c1ccc([N+](=O)[O-])cc1F. The van der Waals surface area contributed by atoms with Gasteiger partial charge in [-0.15, -0.1) is 0 Å². The first-order chi connectivity index (χ1) is 8.13. The lowest BCUT2D eigenvalue weighted by Crippen LogP contribution is -2.00. The second-order valence-electron chi connectivity index (χ2n) is 3.13. The van der Waals surface area contributed by atoms with E-state index in [2.05, 4.69) is 4.98 Å². The molecule has 2 rings (SSSR count). The van der Waals surface area contributed by atoms with E-state index in [4.69, 9.17) is 5.26 Å². The van der Waals surface area contributed by atoms with Crippen LogP contribution in [0.3, 0.4) is 0 Å². The third-order valence-electron chi connectivity index (χ3n) is 2.14. The Morgan fingerprint density at radius 1 is 1.53 bits per heavy atom. The van der Waals surface area contributed by atoms with E-state index in [1.165, 1.54) is 29.1 Å². The molecule has 0 aliphatic carbocycles. The van der Waals surface area contributed by atoms with Crippen molar-refractivity contribution >= 4 is 5.69 Å². The molecule has 1 aromatic carbocycles. The number of rotatable bonds is 2. The number of hydrogen-bond donors (Lipinski definition) is 0. The standard InChI is InChI=1S/C10H5FN4O2/c11-8-5-7(15(16)17)1-2-9(8)14-4-3-13-10(14)6-12/h1-5H. The molecule has 0 saturated heterocycles. The van der Waals surface area contributed by atoms with Crippen LogP contribution in [0.25, 0.3) is 5.69 Å². The first-order valence-corrected chi connectivity index (χ1v) is 4.51. The Kier molecular flexibility index (Phi) is 2.54. The summed E-state index contributed by atoms with van der Waals surface area (Å²) in [6.45, 7) is 0. The molecule has 0 aliphatic rings. The molecule has 6 nitrogen and oxygen atoms in total. The number of nitro benzene ring substituents is 1. The van der Waals surface area contributed by atoms with Crippen molar-refractivity contribution in [3.05, 3.63) is 52.3 Å². The van der Waals surface area contributed by atoms with Crippen LogP contribution in [0.2, 0.25) is 0 Å². The summed E-state index contributed by atoms with van der Waals surface area (Å²) >= 11 is 0. The summed E-state index contributed by atoms with van der Waals surface area (Å²) in [4.78, 5) is 13.5. The van der Waals surface area contributed by atoms with E-state index < -0.39 is 10.7 Å². The van der Waals surface area contributed by atoms with Crippen molar-refractivity contribution < 1.29 is 9.31 Å². The average Bonchev–Trinajstić information content (AvgIpc) is 2.76. The maximum absolute atomic E-state index is 13.6. The van der Waals surface area contributed by atoms with Crippen molar-refractivity contribution in [3.8, 4) is 11.8 Å². The largest absolute Gasteiger partial charge is 0.288 e. The number of aromatic nitrogens is 2. The minimum atomic E-state index is -0.784. The highest BCUT2D eigenvalue weighted by Gasteiger charge is 2.13. The molecule has 1 heterocycles. The van der Waals surface area contributed by atoms with E-state index in [-0.39, 0.29) is 17.2 Å². The number of non-ortho nitro benzene ring substituents is 1. The molecule has 0 spiro atoms. The fourth-order valence-corrected chi connectivity index (χ4v) is 1.39. The van der Waals surface area contributed by atoms with Crippen molar-refractivity contribution in [2.45, 2.75) is 0 Å². The molecule has 0 atom stereocenters. The Labute approximate surface area is 94.7 Å². The highest BCUT2D eigenvalue weighted by Crippen LogP contribution is 2.20. The second-order valence-corrected chi connectivity index (χ2v) is 3.13. The average molecular weight is 232 g/mol. The topological polar surface area (TPSA) is 84.8 Å². The van der Waals surface area contributed by atoms with Crippen molar-refractivity contribution in [3.63, 3.8) is 0 Å². The normalized spacial score (nSPS) is 9.88. The quantitative estimate of drug-likeness (QED) is 0.583. The van der Waals surface area contributed by atoms with Crippen LogP contribution in [0.1, 0.15) is 5.82 Å². The lowest BCUT2D eigenvalue weighted by atomic mass is 10.2. The van der Waals surface area contributed by atoms with Crippen LogP contribution in [0.15, 0.2) is 30.6 Å². The maximum Gasteiger partial charge on any atom is 0.272 e. The Morgan fingerprint density at radius 2 is 2.29 bits per heavy atom. The van der Waals surface area contributed by atoms with E-state index in [0.717, 1.165) is 6.07 Å². The van der Waals surface area contributed by atoms with Gasteiger partial charge in [0.2, 0.25) is 5.82 Å². The lowest BCUT2D eigenvalue weighted by Gasteiger charge is -2.04. The van der Waals surface area contributed by atoms with Gasteiger partial charge in [-0.1, -0.05) is 0 Å². The van der Waals surface area contributed by atoms with Gasteiger partial charge >= 0.3 is 0 Å². The molecule has 1 aromatic heterocycles. The van der Waals surface area contributed by atoms with Crippen LogP contribution in [0.4, 0.5) is 10.1 Å². The summed E-state index contributed by atoms with van der Waals surface area (Å²) in [7, 11) is 0. The maximum atomic E-state index is 13.6. The Balaban J connectivity index is 2.55. The zero-order valence-corrected chi connectivity index (χ0v) is 8.37. The summed E-state index contributed by atoms with van der Waals surface area (Å²) < 4.78 is 14.8. The minimum Gasteiger partial charge on any atom is -0.288 e. The summed E-state index contributed by atoms with van der Waals surface area (Å²) in [5.74, 6) is -0.772. The van der Waals surface area contributed by atoms with Gasteiger partial charge in [-0.2, -0.15) is 5.26 Å². The van der Waals surface area contributed by atoms with Crippen molar-refractivity contribution in [2.75, 3.05) is 0 Å². The van der Waals surface area contributed by atoms with E-state index in [1.807, 2.05) is 0 Å². The Hall–Kier alpha value is -2.75. The molecular weight excluding hydrogens is 227 g/mol. The van der Waals surface area contributed by atoms with Gasteiger partial charge in [-0.25, -0.2) is 9.37 Å². The van der Waals surface area contributed by atoms with Gasteiger partial charge in [0.25, 0.3) is 5.69 Å². The smallest absolute Gasteiger partial charge is 0.272 e. The molecule has 0 amide bonds. The van der Waals surface area contributed by atoms with Crippen LogP contribution in [-0.2, 0) is 0 Å². The number of benzene rings is 1. The molecule has 0 fully saturated rings. The van der Waals surface area contributed by atoms with Crippen LogP contribution >= 0.6 is 0 Å². The summed E-state index contributed by atoms with van der Waals surface area (Å²) in [6, 6.07) is 4.99. The number of hydrogen-bond acceptors (Lipinski definition) is 4. The predicted octanol–water partition coefficient (Wildman–Crippen LogP) is 1.79. The first kappa shape index (κ1) is 10.8. The number of nitriles is 1. The lowest BCUT2D eigenvalue weighted by molar-refractivity contribution is -0.385. The zero-order chi connectivity index (χ0) is 12.4. The molecule has 0 N–H and O–H groups in total.